The summed E-state index contributed by atoms with van der Waals surface area (Å²) in [6.07, 6.45) is 0.837. The summed E-state index contributed by atoms with van der Waals surface area (Å²) in [5, 5.41) is 3.21. The molecule has 1 aromatic rings. The Kier molecular flexibility index (Phi) is 6.96. The number of nitrogens with zero attached hydrogens (tertiary/aromatic N) is 2. The Hall–Kier alpha value is -0.860. The quantitative estimate of drug-likeness (QED) is 0.765. The molecular formula is C17H25Cl2N3O3S. The van der Waals surface area contributed by atoms with Gasteiger partial charge in [-0.15, -0.1) is 0 Å². The van der Waals surface area contributed by atoms with Crippen LogP contribution in [0.1, 0.15) is 27.2 Å². The number of halogens is 2. The molecule has 9 heteroatoms. The van der Waals surface area contributed by atoms with Crippen molar-refractivity contribution in [2.75, 3.05) is 32.7 Å². The molecule has 1 aromatic carbocycles. The Bertz CT molecular complexity index is 740. The number of benzene rings is 1. The fourth-order valence-corrected chi connectivity index (χ4v) is 5.21. The van der Waals surface area contributed by atoms with Gasteiger partial charge in [-0.2, -0.15) is 4.31 Å². The van der Waals surface area contributed by atoms with Crippen molar-refractivity contribution >= 4 is 39.1 Å². The Morgan fingerprint density at radius 1 is 1.15 bits per heavy atom. The van der Waals surface area contributed by atoms with E-state index >= 15 is 0 Å². The molecule has 1 aliphatic rings. The summed E-state index contributed by atoms with van der Waals surface area (Å²) in [6.45, 7) is 7.74. The summed E-state index contributed by atoms with van der Waals surface area (Å²) in [7, 11) is -3.77. The van der Waals surface area contributed by atoms with E-state index in [2.05, 4.69) is 5.32 Å². The van der Waals surface area contributed by atoms with Gasteiger partial charge in [0.2, 0.25) is 15.9 Å². The molecule has 0 aliphatic carbocycles. The van der Waals surface area contributed by atoms with Gasteiger partial charge in [0.25, 0.3) is 0 Å². The first kappa shape index (κ1) is 21.4. The number of carbonyl (C=O) groups is 1. The van der Waals surface area contributed by atoms with Crippen LogP contribution in [0.3, 0.4) is 0 Å². The topological polar surface area (TPSA) is 69.7 Å². The van der Waals surface area contributed by atoms with Crippen LogP contribution < -0.4 is 5.32 Å². The van der Waals surface area contributed by atoms with E-state index in [0.29, 0.717) is 13.1 Å². The molecule has 6 nitrogen and oxygen atoms in total. The van der Waals surface area contributed by atoms with E-state index in [1.807, 2.05) is 25.7 Å². The van der Waals surface area contributed by atoms with Crippen LogP contribution in [-0.2, 0) is 14.8 Å². The molecular weight excluding hydrogens is 397 g/mol. The van der Waals surface area contributed by atoms with Gasteiger partial charge in [0.15, 0.2) is 0 Å². The third-order valence-electron chi connectivity index (χ3n) is 4.58. The maximum Gasteiger partial charge on any atom is 0.246 e. The minimum atomic E-state index is -3.77. The molecule has 0 bridgehead atoms. The largest absolute Gasteiger partial charge is 0.350 e. The number of carbonyl (C=O) groups excluding carboxylic acids is 1. The molecule has 1 N–H and O–H groups in total. The minimum Gasteiger partial charge on any atom is -0.350 e. The zero-order chi connectivity index (χ0) is 19.5. The van der Waals surface area contributed by atoms with E-state index < -0.39 is 10.0 Å². The van der Waals surface area contributed by atoms with Gasteiger partial charge in [-0.3, -0.25) is 9.69 Å². The number of sulfonamides is 1. The molecule has 1 saturated heterocycles. The zero-order valence-corrected chi connectivity index (χ0v) is 17.6. The highest BCUT2D eigenvalue weighted by atomic mass is 35.5. The van der Waals surface area contributed by atoms with Crippen LogP contribution in [0.25, 0.3) is 0 Å². The Labute approximate surface area is 165 Å². The number of amides is 1. The van der Waals surface area contributed by atoms with Gasteiger partial charge in [0, 0.05) is 31.7 Å². The predicted molar refractivity (Wildman–Crippen MR) is 104 cm³/mol. The lowest BCUT2D eigenvalue weighted by Gasteiger charge is -2.34. The second-order valence-corrected chi connectivity index (χ2v) is 9.71. The highest BCUT2D eigenvalue weighted by Gasteiger charge is 2.32. The SMILES string of the molecule is CCC(C)(C)NC(=O)CN1CCN(S(=O)(=O)c2c(Cl)cccc2Cl)CC1. The van der Waals surface area contributed by atoms with Crippen molar-refractivity contribution in [1.29, 1.82) is 0 Å². The molecule has 0 atom stereocenters. The number of piperazine rings is 1. The van der Waals surface area contributed by atoms with Crippen LogP contribution in [0.4, 0.5) is 0 Å². The number of hydrogen-bond acceptors (Lipinski definition) is 4. The number of rotatable bonds is 6. The van der Waals surface area contributed by atoms with Gasteiger partial charge in [0.1, 0.15) is 4.90 Å². The van der Waals surface area contributed by atoms with Crippen LogP contribution in [0.5, 0.6) is 0 Å². The van der Waals surface area contributed by atoms with Crippen molar-refractivity contribution in [2.45, 2.75) is 37.6 Å². The molecule has 146 valence electrons. The van der Waals surface area contributed by atoms with Crippen LogP contribution in [-0.4, -0.2) is 61.8 Å². The van der Waals surface area contributed by atoms with Crippen LogP contribution in [0.2, 0.25) is 10.0 Å². The van der Waals surface area contributed by atoms with Crippen molar-refractivity contribution in [2.24, 2.45) is 0 Å². The van der Waals surface area contributed by atoms with Crippen molar-refractivity contribution in [3.8, 4) is 0 Å². The first-order chi connectivity index (χ1) is 12.1. The highest BCUT2D eigenvalue weighted by Crippen LogP contribution is 2.31. The molecule has 1 aliphatic heterocycles. The predicted octanol–water partition coefficient (Wildman–Crippen LogP) is 2.60. The molecule has 0 unspecified atom stereocenters. The smallest absolute Gasteiger partial charge is 0.246 e. The monoisotopic (exact) mass is 421 g/mol. The zero-order valence-electron chi connectivity index (χ0n) is 15.3. The van der Waals surface area contributed by atoms with E-state index in [1.54, 1.807) is 6.07 Å². The van der Waals surface area contributed by atoms with Crippen molar-refractivity contribution in [3.05, 3.63) is 28.2 Å². The van der Waals surface area contributed by atoms with E-state index in [0.717, 1.165) is 6.42 Å². The summed E-state index contributed by atoms with van der Waals surface area (Å²) in [5.74, 6) is -0.0534. The second-order valence-electron chi connectivity index (χ2n) is 7.02. The number of nitrogens with one attached hydrogen (secondary N) is 1. The second kappa shape index (κ2) is 8.44. The van der Waals surface area contributed by atoms with Gasteiger partial charge in [-0.1, -0.05) is 36.2 Å². The van der Waals surface area contributed by atoms with Gasteiger partial charge in [0.05, 0.1) is 16.6 Å². The van der Waals surface area contributed by atoms with E-state index in [4.69, 9.17) is 23.2 Å². The van der Waals surface area contributed by atoms with Gasteiger partial charge in [-0.25, -0.2) is 8.42 Å². The van der Waals surface area contributed by atoms with Crippen LogP contribution >= 0.6 is 23.2 Å². The molecule has 26 heavy (non-hydrogen) atoms. The van der Waals surface area contributed by atoms with E-state index in [-0.39, 0.29) is 46.0 Å². The molecule has 1 amide bonds. The molecule has 0 aromatic heterocycles. The van der Waals surface area contributed by atoms with Crippen LogP contribution in [0.15, 0.2) is 23.1 Å². The fraction of sp³-hybridized carbons (Fsp3) is 0.588. The maximum atomic E-state index is 12.8. The van der Waals surface area contributed by atoms with E-state index in [9.17, 15) is 13.2 Å². The average Bonchev–Trinajstić information content (AvgIpc) is 2.54. The number of hydrogen-bond donors (Lipinski definition) is 1. The lowest BCUT2D eigenvalue weighted by Crippen LogP contribution is -2.53. The first-order valence-corrected chi connectivity index (χ1v) is 10.7. The highest BCUT2D eigenvalue weighted by molar-refractivity contribution is 7.89. The molecule has 1 fully saturated rings. The van der Waals surface area contributed by atoms with Crippen molar-refractivity contribution in [3.63, 3.8) is 0 Å². The van der Waals surface area contributed by atoms with Gasteiger partial charge in [-0.05, 0) is 32.4 Å². The third kappa shape index (κ3) is 5.10. The van der Waals surface area contributed by atoms with Crippen molar-refractivity contribution < 1.29 is 13.2 Å². The Balaban J connectivity index is 1.99. The Morgan fingerprint density at radius 3 is 2.19 bits per heavy atom. The standard InChI is InChI=1S/C17H25Cl2N3O3S/c1-4-17(2,3)20-15(23)12-21-8-10-22(11-9-21)26(24,25)16-13(18)6-5-7-14(16)19/h5-7H,4,8-12H2,1-3H3,(H,20,23). The van der Waals surface area contributed by atoms with Gasteiger partial charge >= 0.3 is 0 Å². The lowest BCUT2D eigenvalue weighted by atomic mass is 10.0. The minimum absolute atomic E-state index is 0.0534. The molecule has 0 spiro atoms. The lowest BCUT2D eigenvalue weighted by molar-refractivity contribution is -0.124. The third-order valence-corrected chi connectivity index (χ3v) is 7.43. The van der Waals surface area contributed by atoms with E-state index in [1.165, 1.54) is 16.4 Å². The average molecular weight is 422 g/mol. The summed E-state index contributed by atoms with van der Waals surface area (Å²) >= 11 is 12.1. The summed E-state index contributed by atoms with van der Waals surface area (Å²) < 4.78 is 27.1. The molecule has 0 radical (unpaired) electrons. The van der Waals surface area contributed by atoms with Crippen LogP contribution in [0, 0.1) is 0 Å². The van der Waals surface area contributed by atoms with Gasteiger partial charge < -0.3 is 5.32 Å². The summed E-state index contributed by atoms with van der Waals surface area (Å²) in [4.78, 5) is 14.0. The normalized spacial score (nSPS) is 17.3. The molecule has 2 rings (SSSR count). The first-order valence-electron chi connectivity index (χ1n) is 8.54. The molecule has 1 heterocycles. The Morgan fingerprint density at radius 2 is 1.69 bits per heavy atom. The summed E-state index contributed by atoms with van der Waals surface area (Å²) in [6, 6.07) is 4.63. The summed E-state index contributed by atoms with van der Waals surface area (Å²) in [5.41, 5.74) is -0.247. The van der Waals surface area contributed by atoms with Crippen molar-refractivity contribution in [1.82, 2.24) is 14.5 Å². The molecule has 0 saturated carbocycles. The fourth-order valence-electron chi connectivity index (χ4n) is 2.69. The maximum absolute atomic E-state index is 12.8.